The number of allylic oxidation sites excluding steroid dienone is 1. The maximum Gasteiger partial charge on any atom is 0.119 e. The van der Waals surface area contributed by atoms with E-state index in [0.29, 0.717) is 13.2 Å². The second-order valence-electron chi connectivity index (χ2n) is 3.16. The van der Waals surface area contributed by atoms with E-state index < -0.39 is 0 Å². The standard InChI is InChI=1S/C13H18O2/c1-3-5-10-15-13-8-6-12(7-9-13)11-14-4-2/h3,5-9H,4,10-11H2,1-2H3. The molecule has 0 N–H and O–H groups in total. The maximum absolute atomic E-state index is 5.48. The van der Waals surface area contributed by atoms with Gasteiger partial charge in [0.15, 0.2) is 0 Å². The normalized spacial score (nSPS) is 10.8. The van der Waals surface area contributed by atoms with Crippen molar-refractivity contribution in [2.24, 2.45) is 0 Å². The van der Waals surface area contributed by atoms with Crippen molar-refractivity contribution in [1.29, 1.82) is 0 Å². The van der Waals surface area contributed by atoms with Gasteiger partial charge in [0, 0.05) is 6.61 Å². The third-order valence-electron chi connectivity index (χ3n) is 1.98. The molecule has 0 spiro atoms. The first kappa shape index (κ1) is 11.8. The number of rotatable bonds is 6. The van der Waals surface area contributed by atoms with E-state index in [1.54, 1.807) is 0 Å². The van der Waals surface area contributed by atoms with Gasteiger partial charge in [-0.15, -0.1) is 0 Å². The van der Waals surface area contributed by atoms with Gasteiger partial charge in [-0.3, -0.25) is 0 Å². The zero-order valence-corrected chi connectivity index (χ0v) is 9.40. The van der Waals surface area contributed by atoms with Crippen molar-refractivity contribution < 1.29 is 9.47 Å². The molecule has 2 heteroatoms. The molecule has 0 saturated heterocycles. The lowest BCUT2D eigenvalue weighted by molar-refractivity contribution is 0.134. The molecule has 0 aromatic heterocycles. The van der Waals surface area contributed by atoms with Crippen LogP contribution in [0.3, 0.4) is 0 Å². The van der Waals surface area contributed by atoms with Gasteiger partial charge in [-0.25, -0.2) is 0 Å². The molecule has 0 aliphatic heterocycles. The summed E-state index contributed by atoms with van der Waals surface area (Å²) in [7, 11) is 0. The molecule has 0 fully saturated rings. The summed E-state index contributed by atoms with van der Waals surface area (Å²) in [6.07, 6.45) is 3.96. The second-order valence-corrected chi connectivity index (χ2v) is 3.16. The Balaban J connectivity index is 2.41. The van der Waals surface area contributed by atoms with Crippen LogP contribution in [-0.2, 0) is 11.3 Å². The Kier molecular flexibility index (Phi) is 5.56. The Morgan fingerprint density at radius 2 is 1.93 bits per heavy atom. The monoisotopic (exact) mass is 206 g/mol. The SMILES string of the molecule is CC=CCOc1ccc(COCC)cc1. The summed E-state index contributed by atoms with van der Waals surface area (Å²) in [5.41, 5.74) is 1.18. The molecule has 0 aliphatic rings. The number of ether oxygens (including phenoxy) is 2. The van der Waals surface area contributed by atoms with E-state index in [0.717, 1.165) is 12.4 Å². The fraction of sp³-hybridized carbons (Fsp3) is 0.385. The Morgan fingerprint density at radius 3 is 2.53 bits per heavy atom. The summed E-state index contributed by atoms with van der Waals surface area (Å²) >= 11 is 0. The van der Waals surface area contributed by atoms with Crippen LogP contribution >= 0.6 is 0 Å². The van der Waals surface area contributed by atoms with Crippen molar-refractivity contribution >= 4 is 0 Å². The molecule has 0 aliphatic carbocycles. The summed E-state index contributed by atoms with van der Waals surface area (Å²) in [5.74, 6) is 0.897. The molecule has 0 radical (unpaired) electrons. The van der Waals surface area contributed by atoms with Crippen LogP contribution in [0.25, 0.3) is 0 Å². The molecule has 0 saturated carbocycles. The quantitative estimate of drug-likeness (QED) is 0.665. The van der Waals surface area contributed by atoms with E-state index in [4.69, 9.17) is 9.47 Å². The minimum atomic E-state index is 0.626. The highest BCUT2D eigenvalue weighted by Crippen LogP contribution is 2.12. The van der Waals surface area contributed by atoms with Crippen molar-refractivity contribution in [1.82, 2.24) is 0 Å². The van der Waals surface area contributed by atoms with E-state index >= 15 is 0 Å². The van der Waals surface area contributed by atoms with Gasteiger partial charge in [-0.2, -0.15) is 0 Å². The van der Waals surface area contributed by atoms with Gasteiger partial charge in [0.2, 0.25) is 0 Å². The fourth-order valence-corrected chi connectivity index (χ4v) is 1.14. The lowest BCUT2D eigenvalue weighted by Crippen LogP contribution is -1.94. The number of benzene rings is 1. The van der Waals surface area contributed by atoms with Gasteiger partial charge in [0.1, 0.15) is 12.4 Å². The third kappa shape index (κ3) is 4.66. The first-order valence-electron chi connectivity index (χ1n) is 5.27. The van der Waals surface area contributed by atoms with Gasteiger partial charge in [-0.1, -0.05) is 24.3 Å². The highest BCUT2D eigenvalue weighted by molar-refractivity contribution is 5.27. The van der Waals surface area contributed by atoms with Crippen LogP contribution in [0.1, 0.15) is 19.4 Å². The van der Waals surface area contributed by atoms with Crippen molar-refractivity contribution in [2.75, 3.05) is 13.2 Å². The average molecular weight is 206 g/mol. The molecule has 1 aromatic carbocycles. The van der Waals surface area contributed by atoms with Gasteiger partial charge in [0.25, 0.3) is 0 Å². The molecule has 82 valence electrons. The molecule has 1 rings (SSSR count). The summed E-state index contributed by atoms with van der Waals surface area (Å²) in [5, 5.41) is 0. The van der Waals surface area contributed by atoms with Gasteiger partial charge >= 0.3 is 0 Å². The van der Waals surface area contributed by atoms with E-state index in [1.807, 2.05) is 50.3 Å². The lowest BCUT2D eigenvalue weighted by Gasteiger charge is -2.05. The van der Waals surface area contributed by atoms with Crippen LogP contribution in [0, 0.1) is 0 Å². The summed E-state index contributed by atoms with van der Waals surface area (Å²) in [4.78, 5) is 0. The summed E-state index contributed by atoms with van der Waals surface area (Å²) in [6.45, 7) is 6.02. The van der Waals surface area contributed by atoms with Crippen molar-refractivity contribution in [3.63, 3.8) is 0 Å². The van der Waals surface area contributed by atoms with E-state index in [-0.39, 0.29) is 0 Å². The van der Waals surface area contributed by atoms with Crippen molar-refractivity contribution in [2.45, 2.75) is 20.5 Å². The lowest BCUT2D eigenvalue weighted by atomic mass is 10.2. The second kappa shape index (κ2) is 7.07. The van der Waals surface area contributed by atoms with Gasteiger partial charge in [-0.05, 0) is 31.5 Å². The number of hydrogen-bond donors (Lipinski definition) is 0. The van der Waals surface area contributed by atoms with E-state index in [2.05, 4.69) is 0 Å². The van der Waals surface area contributed by atoms with Crippen LogP contribution in [0.15, 0.2) is 36.4 Å². The molecular formula is C13H18O2. The molecule has 0 unspecified atom stereocenters. The Morgan fingerprint density at radius 1 is 1.20 bits per heavy atom. The van der Waals surface area contributed by atoms with Crippen LogP contribution in [-0.4, -0.2) is 13.2 Å². The zero-order chi connectivity index (χ0) is 10.9. The Bertz CT molecular complexity index is 288. The summed E-state index contributed by atoms with van der Waals surface area (Å²) < 4.78 is 10.8. The molecule has 15 heavy (non-hydrogen) atoms. The smallest absolute Gasteiger partial charge is 0.119 e. The Hall–Kier alpha value is -1.28. The van der Waals surface area contributed by atoms with Crippen LogP contribution in [0.2, 0.25) is 0 Å². The minimum absolute atomic E-state index is 0.626. The van der Waals surface area contributed by atoms with E-state index in [9.17, 15) is 0 Å². The van der Waals surface area contributed by atoms with Gasteiger partial charge < -0.3 is 9.47 Å². The summed E-state index contributed by atoms with van der Waals surface area (Å²) in [6, 6.07) is 8.00. The van der Waals surface area contributed by atoms with Crippen LogP contribution in [0.4, 0.5) is 0 Å². The fourth-order valence-electron chi connectivity index (χ4n) is 1.14. The van der Waals surface area contributed by atoms with Crippen LogP contribution in [0.5, 0.6) is 5.75 Å². The topological polar surface area (TPSA) is 18.5 Å². The van der Waals surface area contributed by atoms with Gasteiger partial charge in [0.05, 0.1) is 6.61 Å². The molecule has 0 heterocycles. The molecule has 0 atom stereocenters. The van der Waals surface area contributed by atoms with Crippen molar-refractivity contribution in [3.8, 4) is 5.75 Å². The molecule has 2 nitrogen and oxygen atoms in total. The van der Waals surface area contributed by atoms with Crippen LogP contribution < -0.4 is 4.74 Å². The largest absolute Gasteiger partial charge is 0.490 e. The predicted molar refractivity (Wildman–Crippen MR) is 62.1 cm³/mol. The number of hydrogen-bond acceptors (Lipinski definition) is 2. The predicted octanol–water partition coefficient (Wildman–Crippen LogP) is 3.18. The molecule has 0 amide bonds. The first-order chi connectivity index (χ1) is 7.36. The molecule has 1 aromatic rings. The Labute approximate surface area is 91.5 Å². The maximum atomic E-state index is 5.48. The third-order valence-corrected chi connectivity index (χ3v) is 1.98. The minimum Gasteiger partial charge on any atom is -0.490 e. The van der Waals surface area contributed by atoms with E-state index in [1.165, 1.54) is 5.56 Å². The molecule has 0 bridgehead atoms. The zero-order valence-electron chi connectivity index (χ0n) is 9.40. The van der Waals surface area contributed by atoms with Crippen molar-refractivity contribution in [3.05, 3.63) is 42.0 Å². The highest BCUT2D eigenvalue weighted by atomic mass is 16.5. The average Bonchev–Trinajstić information content (AvgIpc) is 2.28. The molecular weight excluding hydrogens is 188 g/mol. The first-order valence-corrected chi connectivity index (χ1v) is 5.27. The highest BCUT2D eigenvalue weighted by Gasteiger charge is 1.94.